The van der Waals surface area contributed by atoms with Gasteiger partial charge in [0.2, 0.25) is 0 Å². The molecule has 0 bridgehead atoms. The van der Waals surface area contributed by atoms with Gasteiger partial charge in [0.05, 0.1) is 0 Å². The molecular formula is C28H41NO5Si. The Kier molecular flexibility index (Phi) is 9.31. The van der Waals surface area contributed by atoms with Crippen molar-refractivity contribution in [2.75, 3.05) is 13.7 Å². The number of rotatable bonds is 9. The second-order valence-electron chi connectivity index (χ2n) is 11.3. The zero-order valence-electron chi connectivity index (χ0n) is 22.4. The topological polar surface area (TPSA) is 76.1 Å². The Labute approximate surface area is 211 Å². The SMILES string of the molecule is C[C@@H](CO[Si](c1ccccc1)(c1ccccc1)C(C)(C)C)C[C@@H](C(=O)O)N(C)C(=O)OC(C)(C)C. The molecule has 0 aliphatic carbocycles. The minimum absolute atomic E-state index is 0.109. The first-order valence-electron chi connectivity index (χ1n) is 12.1. The normalized spacial score (nSPS) is 14.2. The summed E-state index contributed by atoms with van der Waals surface area (Å²) in [7, 11) is -1.25. The molecule has 0 aliphatic rings. The van der Waals surface area contributed by atoms with Gasteiger partial charge >= 0.3 is 12.1 Å². The molecule has 192 valence electrons. The minimum Gasteiger partial charge on any atom is -0.480 e. The van der Waals surface area contributed by atoms with E-state index in [-0.39, 0.29) is 17.4 Å². The molecule has 0 saturated heterocycles. The van der Waals surface area contributed by atoms with Crippen LogP contribution in [0.3, 0.4) is 0 Å². The van der Waals surface area contributed by atoms with E-state index in [0.29, 0.717) is 6.61 Å². The van der Waals surface area contributed by atoms with Crippen molar-refractivity contribution >= 4 is 30.8 Å². The molecule has 0 aromatic heterocycles. The number of carboxylic acids is 1. The summed E-state index contributed by atoms with van der Waals surface area (Å²) in [5, 5.41) is 12.0. The largest absolute Gasteiger partial charge is 0.480 e. The van der Waals surface area contributed by atoms with Gasteiger partial charge in [-0.25, -0.2) is 9.59 Å². The van der Waals surface area contributed by atoms with E-state index in [0.717, 1.165) is 0 Å². The Morgan fingerprint density at radius 2 is 1.37 bits per heavy atom. The quantitative estimate of drug-likeness (QED) is 0.496. The molecule has 0 radical (unpaired) electrons. The van der Waals surface area contributed by atoms with Crippen molar-refractivity contribution in [1.82, 2.24) is 4.90 Å². The van der Waals surface area contributed by atoms with Gasteiger partial charge in [0.1, 0.15) is 11.6 Å². The fourth-order valence-corrected chi connectivity index (χ4v) is 9.05. The number of hydrogen-bond acceptors (Lipinski definition) is 4. The summed E-state index contributed by atoms with van der Waals surface area (Å²) in [5.74, 6) is -1.17. The standard InChI is InChI=1S/C28H41NO5Si/c1-21(19-24(25(30)31)29(8)26(32)34-27(2,3)4)20-33-35(28(5,6)7,22-15-11-9-12-16-22)23-17-13-10-14-18-23/h9-18,21,24H,19-20H2,1-8H3,(H,30,31)/t21-,24+/m1/s1. The lowest BCUT2D eigenvalue weighted by atomic mass is 10.0. The van der Waals surface area contributed by atoms with E-state index in [9.17, 15) is 14.7 Å². The molecular weight excluding hydrogens is 458 g/mol. The molecule has 35 heavy (non-hydrogen) atoms. The van der Waals surface area contributed by atoms with E-state index in [1.807, 2.05) is 43.3 Å². The molecule has 0 aliphatic heterocycles. The molecule has 1 amide bonds. The smallest absolute Gasteiger partial charge is 0.410 e. The van der Waals surface area contributed by atoms with Crippen LogP contribution in [0, 0.1) is 5.92 Å². The van der Waals surface area contributed by atoms with Crippen LogP contribution in [-0.2, 0) is 14.0 Å². The van der Waals surface area contributed by atoms with E-state index in [2.05, 4.69) is 45.0 Å². The van der Waals surface area contributed by atoms with Crippen LogP contribution < -0.4 is 10.4 Å². The van der Waals surface area contributed by atoms with Crippen molar-refractivity contribution in [2.24, 2.45) is 5.92 Å². The third-order valence-electron chi connectivity index (χ3n) is 6.06. The molecule has 2 atom stereocenters. The van der Waals surface area contributed by atoms with Crippen LogP contribution in [0.1, 0.15) is 54.9 Å². The van der Waals surface area contributed by atoms with E-state index in [1.54, 1.807) is 20.8 Å². The van der Waals surface area contributed by atoms with Crippen molar-refractivity contribution in [3.05, 3.63) is 60.7 Å². The molecule has 2 aromatic carbocycles. The predicted octanol–water partition coefficient (Wildman–Crippen LogP) is 4.91. The van der Waals surface area contributed by atoms with Gasteiger partial charge in [-0.05, 0) is 48.5 Å². The van der Waals surface area contributed by atoms with Crippen LogP contribution in [0.25, 0.3) is 0 Å². The summed E-state index contributed by atoms with van der Waals surface area (Å²) in [4.78, 5) is 25.8. The number of aliphatic carboxylic acids is 1. The Morgan fingerprint density at radius 3 is 1.74 bits per heavy atom. The molecule has 7 heteroatoms. The fourth-order valence-electron chi connectivity index (χ4n) is 4.36. The number of amides is 1. The highest BCUT2D eigenvalue weighted by molar-refractivity contribution is 6.99. The number of nitrogens with zero attached hydrogens (tertiary/aromatic N) is 1. The van der Waals surface area contributed by atoms with Crippen molar-refractivity contribution in [1.29, 1.82) is 0 Å². The lowest BCUT2D eigenvalue weighted by molar-refractivity contribution is -0.143. The number of carboxylic acid groups (broad SMARTS) is 1. The van der Waals surface area contributed by atoms with E-state index in [4.69, 9.17) is 9.16 Å². The zero-order valence-corrected chi connectivity index (χ0v) is 23.4. The maximum absolute atomic E-state index is 12.5. The molecule has 0 unspecified atom stereocenters. The lowest BCUT2D eigenvalue weighted by Gasteiger charge is -2.43. The van der Waals surface area contributed by atoms with Gasteiger partial charge in [-0.3, -0.25) is 4.90 Å². The zero-order chi connectivity index (χ0) is 26.4. The van der Waals surface area contributed by atoms with Gasteiger partial charge < -0.3 is 14.3 Å². The molecule has 2 aromatic rings. The predicted molar refractivity (Wildman–Crippen MR) is 143 cm³/mol. The van der Waals surface area contributed by atoms with Crippen LogP contribution in [0.2, 0.25) is 5.04 Å². The molecule has 0 fully saturated rings. The summed E-state index contributed by atoms with van der Waals surface area (Å²) in [6.07, 6.45) is -0.395. The summed E-state index contributed by atoms with van der Waals surface area (Å²) in [6, 6.07) is 19.7. The Hall–Kier alpha value is -2.64. The van der Waals surface area contributed by atoms with Crippen LogP contribution in [0.15, 0.2) is 60.7 Å². The summed E-state index contributed by atoms with van der Waals surface area (Å²) in [5.41, 5.74) is -0.702. The van der Waals surface area contributed by atoms with Crippen LogP contribution in [0.5, 0.6) is 0 Å². The number of carbonyl (C=O) groups is 2. The highest BCUT2D eigenvalue weighted by atomic mass is 28.4. The molecule has 2 rings (SSSR count). The van der Waals surface area contributed by atoms with Gasteiger partial charge in [0.25, 0.3) is 8.32 Å². The summed E-state index contributed by atoms with van der Waals surface area (Å²) in [6.45, 7) is 14.2. The van der Waals surface area contributed by atoms with Gasteiger partial charge in [-0.1, -0.05) is 88.4 Å². The molecule has 6 nitrogen and oxygen atoms in total. The first kappa shape index (κ1) is 28.6. The van der Waals surface area contributed by atoms with E-state index in [1.165, 1.54) is 22.3 Å². The monoisotopic (exact) mass is 499 g/mol. The Bertz CT molecular complexity index is 927. The first-order valence-corrected chi connectivity index (χ1v) is 14.0. The van der Waals surface area contributed by atoms with Gasteiger partial charge in [0.15, 0.2) is 0 Å². The third-order valence-corrected chi connectivity index (χ3v) is 11.1. The number of carbonyl (C=O) groups excluding carboxylic acids is 1. The van der Waals surface area contributed by atoms with Crippen molar-refractivity contribution in [2.45, 2.75) is 71.6 Å². The second kappa shape index (κ2) is 11.4. The van der Waals surface area contributed by atoms with Crippen molar-refractivity contribution < 1.29 is 23.9 Å². The molecule has 0 spiro atoms. The fraction of sp³-hybridized carbons (Fsp3) is 0.500. The van der Waals surface area contributed by atoms with E-state index < -0.39 is 32.0 Å². The van der Waals surface area contributed by atoms with Crippen LogP contribution in [-0.4, -0.2) is 55.7 Å². The van der Waals surface area contributed by atoms with Gasteiger partial charge in [-0.15, -0.1) is 0 Å². The number of benzene rings is 2. The van der Waals surface area contributed by atoms with E-state index >= 15 is 0 Å². The molecule has 0 heterocycles. The van der Waals surface area contributed by atoms with Crippen LogP contribution in [0.4, 0.5) is 4.79 Å². The second-order valence-corrected chi connectivity index (χ2v) is 15.6. The molecule has 0 saturated carbocycles. The average molecular weight is 500 g/mol. The maximum Gasteiger partial charge on any atom is 0.410 e. The average Bonchev–Trinajstić information content (AvgIpc) is 2.76. The Morgan fingerprint density at radius 1 is 0.914 bits per heavy atom. The van der Waals surface area contributed by atoms with Gasteiger partial charge in [-0.2, -0.15) is 0 Å². The Balaban J connectivity index is 2.32. The van der Waals surface area contributed by atoms with Crippen molar-refractivity contribution in [3.63, 3.8) is 0 Å². The maximum atomic E-state index is 12.5. The number of ether oxygens (including phenoxy) is 1. The minimum atomic E-state index is -2.72. The van der Waals surface area contributed by atoms with Gasteiger partial charge in [0, 0.05) is 13.7 Å². The van der Waals surface area contributed by atoms with Crippen molar-refractivity contribution in [3.8, 4) is 0 Å². The number of hydrogen-bond donors (Lipinski definition) is 1. The lowest BCUT2D eigenvalue weighted by Crippen LogP contribution is -2.66. The summed E-state index contributed by atoms with van der Waals surface area (Å²) < 4.78 is 12.3. The number of likely N-dealkylation sites (N-methyl/N-ethyl adjacent to an activating group) is 1. The molecule has 1 N–H and O–H groups in total. The highest BCUT2D eigenvalue weighted by Crippen LogP contribution is 2.37. The third kappa shape index (κ3) is 7.18. The highest BCUT2D eigenvalue weighted by Gasteiger charge is 2.50. The van der Waals surface area contributed by atoms with Crippen LogP contribution >= 0.6 is 0 Å². The summed E-state index contributed by atoms with van der Waals surface area (Å²) >= 11 is 0. The first-order chi connectivity index (χ1) is 16.2.